The van der Waals surface area contributed by atoms with E-state index >= 15 is 0 Å². The molecular weight excluding hydrogens is 254 g/mol. The standard InChI is InChI=1S/C15H21N3O2/c1-3-9-18-15(16-11-17-18)10-20-13-7-5-12(6-8-13)14(19)4-2/h5-8,11,14,19H,3-4,9-10H2,1-2H3/t14-/m0/s1. The van der Waals surface area contributed by atoms with Gasteiger partial charge in [0.1, 0.15) is 18.7 Å². The van der Waals surface area contributed by atoms with Crippen molar-refractivity contribution < 1.29 is 9.84 Å². The smallest absolute Gasteiger partial charge is 0.164 e. The van der Waals surface area contributed by atoms with Crippen molar-refractivity contribution in [2.75, 3.05) is 0 Å². The molecule has 5 heteroatoms. The molecule has 0 bridgehead atoms. The number of hydrogen-bond acceptors (Lipinski definition) is 4. The maximum Gasteiger partial charge on any atom is 0.164 e. The van der Waals surface area contributed by atoms with E-state index < -0.39 is 6.10 Å². The highest BCUT2D eigenvalue weighted by Gasteiger charge is 2.06. The average Bonchev–Trinajstić information content (AvgIpc) is 2.92. The monoisotopic (exact) mass is 275 g/mol. The van der Waals surface area contributed by atoms with E-state index in [9.17, 15) is 5.11 Å². The summed E-state index contributed by atoms with van der Waals surface area (Å²) in [5, 5.41) is 13.9. The van der Waals surface area contributed by atoms with Crippen LogP contribution >= 0.6 is 0 Å². The van der Waals surface area contributed by atoms with Crippen molar-refractivity contribution in [1.29, 1.82) is 0 Å². The van der Waals surface area contributed by atoms with Crippen molar-refractivity contribution >= 4 is 0 Å². The second kappa shape index (κ2) is 7.05. The van der Waals surface area contributed by atoms with Crippen LogP contribution in [0.3, 0.4) is 0 Å². The average molecular weight is 275 g/mol. The minimum absolute atomic E-state index is 0.398. The van der Waals surface area contributed by atoms with Gasteiger partial charge in [0, 0.05) is 6.54 Å². The van der Waals surface area contributed by atoms with E-state index in [4.69, 9.17) is 4.74 Å². The third-order valence-electron chi connectivity index (χ3n) is 3.15. The van der Waals surface area contributed by atoms with Gasteiger partial charge in [0.25, 0.3) is 0 Å². The van der Waals surface area contributed by atoms with Gasteiger partial charge in [-0.3, -0.25) is 0 Å². The highest BCUT2D eigenvalue weighted by atomic mass is 16.5. The Kier molecular flexibility index (Phi) is 5.12. The number of nitrogens with zero attached hydrogens (tertiary/aromatic N) is 3. The molecule has 2 rings (SSSR count). The fourth-order valence-corrected chi connectivity index (χ4v) is 1.97. The predicted molar refractivity (Wildman–Crippen MR) is 76.3 cm³/mol. The third kappa shape index (κ3) is 3.57. The molecule has 108 valence electrons. The maximum atomic E-state index is 9.73. The molecule has 1 aromatic carbocycles. The molecule has 5 nitrogen and oxygen atoms in total. The number of ether oxygens (including phenoxy) is 1. The Morgan fingerprint density at radius 3 is 2.65 bits per heavy atom. The van der Waals surface area contributed by atoms with Crippen molar-refractivity contribution in [3.8, 4) is 5.75 Å². The Labute approximate surface area is 119 Å². The molecule has 1 atom stereocenters. The number of aryl methyl sites for hydroxylation is 1. The van der Waals surface area contributed by atoms with Crippen LogP contribution in [0, 0.1) is 0 Å². The molecule has 0 fully saturated rings. The van der Waals surface area contributed by atoms with Gasteiger partial charge in [-0.05, 0) is 30.5 Å². The van der Waals surface area contributed by atoms with Crippen LogP contribution in [-0.4, -0.2) is 19.9 Å². The van der Waals surface area contributed by atoms with Gasteiger partial charge in [0.15, 0.2) is 5.82 Å². The van der Waals surface area contributed by atoms with Crippen molar-refractivity contribution in [2.24, 2.45) is 0 Å². The summed E-state index contributed by atoms with van der Waals surface area (Å²) in [7, 11) is 0. The zero-order valence-corrected chi connectivity index (χ0v) is 12.0. The molecule has 0 radical (unpaired) electrons. The van der Waals surface area contributed by atoms with Gasteiger partial charge < -0.3 is 9.84 Å². The molecule has 1 N–H and O–H groups in total. The molecule has 0 saturated carbocycles. The van der Waals surface area contributed by atoms with Gasteiger partial charge in [-0.1, -0.05) is 26.0 Å². The lowest BCUT2D eigenvalue weighted by Gasteiger charge is -2.10. The van der Waals surface area contributed by atoms with Gasteiger partial charge in [0.05, 0.1) is 6.10 Å². The lowest BCUT2D eigenvalue weighted by molar-refractivity contribution is 0.173. The van der Waals surface area contributed by atoms with Crippen LogP contribution in [0.15, 0.2) is 30.6 Å². The van der Waals surface area contributed by atoms with Crippen LogP contribution in [0.4, 0.5) is 0 Å². The maximum absolute atomic E-state index is 9.73. The first-order chi connectivity index (χ1) is 9.74. The first kappa shape index (κ1) is 14.5. The topological polar surface area (TPSA) is 60.2 Å². The van der Waals surface area contributed by atoms with E-state index in [0.717, 1.165) is 30.1 Å². The number of aromatic nitrogens is 3. The highest BCUT2D eigenvalue weighted by molar-refractivity contribution is 5.28. The van der Waals surface area contributed by atoms with Crippen molar-refractivity contribution in [1.82, 2.24) is 14.8 Å². The lowest BCUT2D eigenvalue weighted by Crippen LogP contribution is -2.08. The van der Waals surface area contributed by atoms with Crippen molar-refractivity contribution in [3.63, 3.8) is 0 Å². The summed E-state index contributed by atoms with van der Waals surface area (Å²) < 4.78 is 7.56. The van der Waals surface area contributed by atoms with Crippen LogP contribution in [0.25, 0.3) is 0 Å². The molecule has 1 aromatic heterocycles. The van der Waals surface area contributed by atoms with Crippen LogP contribution in [-0.2, 0) is 13.2 Å². The summed E-state index contributed by atoms with van der Waals surface area (Å²) in [6.07, 6.45) is 2.87. The van der Waals surface area contributed by atoms with Gasteiger partial charge >= 0.3 is 0 Å². The molecule has 0 spiro atoms. The zero-order valence-electron chi connectivity index (χ0n) is 12.0. The normalized spacial score (nSPS) is 12.3. The van der Waals surface area contributed by atoms with Crippen LogP contribution in [0.1, 0.15) is 44.2 Å². The summed E-state index contributed by atoms with van der Waals surface area (Å²) in [5.41, 5.74) is 0.911. The summed E-state index contributed by atoms with van der Waals surface area (Å²) in [6.45, 7) is 5.30. The summed E-state index contributed by atoms with van der Waals surface area (Å²) in [4.78, 5) is 4.20. The number of aliphatic hydroxyl groups excluding tert-OH is 1. The molecule has 0 aliphatic carbocycles. The first-order valence-electron chi connectivity index (χ1n) is 7.02. The highest BCUT2D eigenvalue weighted by Crippen LogP contribution is 2.20. The Hall–Kier alpha value is -1.88. The number of aliphatic hydroxyl groups is 1. The second-order valence-corrected chi connectivity index (χ2v) is 4.68. The molecule has 2 aromatic rings. The van der Waals surface area contributed by atoms with Gasteiger partial charge in [-0.2, -0.15) is 5.10 Å². The van der Waals surface area contributed by atoms with E-state index in [1.807, 2.05) is 35.9 Å². The fourth-order valence-electron chi connectivity index (χ4n) is 1.97. The predicted octanol–water partition coefficient (Wildman–Crippen LogP) is 2.71. The third-order valence-corrected chi connectivity index (χ3v) is 3.15. The van der Waals surface area contributed by atoms with E-state index in [1.54, 1.807) is 6.33 Å². The molecule has 0 aliphatic rings. The van der Waals surface area contributed by atoms with Crippen LogP contribution in [0.5, 0.6) is 5.75 Å². The Morgan fingerprint density at radius 2 is 2.00 bits per heavy atom. The first-order valence-corrected chi connectivity index (χ1v) is 7.02. The SMILES string of the molecule is CCCn1ncnc1COc1ccc([C@@H](O)CC)cc1. The fraction of sp³-hybridized carbons (Fsp3) is 0.467. The molecule has 0 aliphatic heterocycles. The van der Waals surface area contributed by atoms with Crippen molar-refractivity contribution in [2.45, 2.75) is 45.9 Å². The number of rotatable bonds is 7. The number of benzene rings is 1. The van der Waals surface area contributed by atoms with E-state index in [1.165, 1.54) is 0 Å². The van der Waals surface area contributed by atoms with E-state index in [0.29, 0.717) is 13.0 Å². The van der Waals surface area contributed by atoms with Crippen molar-refractivity contribution in [3.05, 3.63) is 42.0 Å². The molecule has 0 saturated heterocycles. The van der Waals surface area contributed by atoms with Crippen LogP contribution in [0.2, 0.25) is 0 Å². The molecule has 0 unspecified atom stereocenters. The molecular formula is C15H21N3O2. The Morgan fingerprint density at radius 1 is 1.25 bits per heavy atom. The molecule has 1 heterocycles. The number of hydrogen-bond donors (Lipinski definition) is 1. The largest absolute Gasteiger partial charge is 0.486 e. The second-order valence-electron chi connectivity index (χ2n) is 4.68. The van der Waals surface area contributed by atoms with E-state index in [2.05, 4.69) is 17.0 Å². The minimum atomic E-state index is -0.406. The lowest BCUT2D eigenvalue weighted by atomic mass is 10.1. The summed E-state index contributed by atoms with van der Waals surface area (Å²) in [5.74, 6) is 1.59. The van der Waals surface area contributed by atoms with Crippen LogP contribution < -0.4 is 4.74 Å². The van der Waals surface area contributed by atoms with Gasteiger partial charge in [0.2, 0.25) is 0 Å². The Bertz CT molecular complexity index is 522. The van der Waals surface area contributed by atoms with Gasteiger partial charge in [-0.25, -0.2) is 9.67 Å². The zero-order chi connectivity index (χ0) is 14.4. The summed E-state index contributed by atoms with van der Waals surface area (Å²) >= 11 is 0. The quantitative estimate of drug-likeness (QED) is 0.844. The van der Waals surface area contributed by atoms with E-state index in [-0.39, 0.29) is 0 Å². The minimum Gasteiger partial charge on any atom is -0.486 e. The summed E-state index contributed by atoms with van der Waals surface area (Å²) in [6, 6.07) is 7.52. The molecule has 0 amide bonds. The Balaban J connectivity index is 1.95. The van der Waals surface area contributed by atoms with Gasteiger partial charge in [-0.15, -0.1) is 0 Å². The molecule has 20 heavy (non-hydrogen) atoms.